The van der Waals surface area contributed by atoms with Crippen LogP contribution in [0.4, 0.5) is 4.79 Å². The zero-order valence-corrected chi connectivity index (χ0v) is 21.6. The van der Waals surface area contributed by atoms with Crippen molar-refractivity contribution in [2.75, 3.05) is 31.9 Å². The van der Waals surface area contributed by atoms with Gasteiger partial charge in [0.15, 0.2) is 0 Å². The number of hydrogen-bond acceptors (Lipinski definition) is 7. The molecule has 0 atom stereocenters. The van der Waals surface area contributed by atoms with Crippen LogP contribution in [0.3, 0.4) is 0 Å². The molecule has 3 rings (SSSR count). The zero-order chi connectivity index (χ0) is 24.9. The Bertz CT molecular complexity index is 948. The highest BCUT2D eigenvalue weighted by molar-refractivity contribution is 7.89. The minimum Gasteiger partial charge on any atom is -0.474 e. The van der Waals surface area contributed by atoms with Crippen LogP contribution in [-0.4, -0.2) is 78.1 Å². The van der Waals surface area contributed by atoms with E-state index in [2.05, 4.69) is 4.98 Å². The molecule has 2 aliphatic rings. The molecule has 0 spiro atoms. The molecule has 0 bridgehead atoms. The lowest BCUT2D eigenvalue weighted by atomic mass is 9.92. The fourth-order valence-corrected chi connectivity index (χ4v) is 5.74. The van der Waals surface area contributed by atoms with E-state index in [9.17, 15) is 18.0 Å². The SMILES string of the molecule is CC(C)(C)OC(=O)N1CCC(CC(=O)CS(=O)(=O)N2CCC(Oc3ccc(Cl)cn3)CC2)CC1. The number of rotatable bonds is 7. The van der Waals surface area contributed by atoms with E-state index in [0.29, 0.717) is 62.8 Å². The Balaban J connectivity index is 1.40. The monoisotopic (exact) mass is 515 g/mol. The number of carbonyl (C=O) groups excluding carboxylic acids is 2. The first-order valence-electron chi connectivity index (χ1n) is 11.7. The molecule has 3 heterocycles. The minimum absolute atomic E-state index is 0.0763. The Kier molecular flexibility index (Phi) is 8.81. The van der Waals surface area contributed by atoms with Gasteiger partial charge >= 0.3 is 6.09 Å². The van der Waals surface area contributed by atoms with Crippen molar-refractivity contribution in [1.82, 2.24) is 14.2 Å². The quantitative estimate of drug-likeness (QED) is 0.547. The third-order valence-corrected chi connectivity index (χ3v) is 7.97. The van der Waals surface area contributed by atoms with Gasteiger partial charge < -0.3 is 14.4 Å². The van der Waals surface area contributed by atoms with Crippen molar-refractivity contribution in [3.63, 3.8) is 0 Å². The molecular weight excluding hydrogens is 482 g/mol. The lowest BCUT2D eigenvalue weighted by Gasteiger charge is -2.33. The number of pyridine rings is 1. The van der Waals surface area contributed by atoms with Gasteiger partial charge in [-0.2, -0.15) is 0 Å². The van der Waals surface area contributed by atoms with E-state index in [1.54, 1.807) is 17.0 Å². The van der Waals surface area contributed by atoms with Gasteiger partial charge in [-0.15, -0.1) is 0 Å². The molecule has 9 nitrogen and oxygen atoms in total. The van der Waals surface area contributed by atoms with Gasteiger partial charge in [0, 0.05) is 44.9 Å². The first kappa shape index (κ1) is 26.7. The lowest BCUT2D eigenvalue weighted by molar-refractivity contribution is -0.117. The lowest BCUT2D eigenvalue weighted by Crippen LogP contribution is -2.44. The van der Waals surface area contributed by atoms with Gasteiger partial charge in [0.05, 0.1) is 5.02 Å². The molecule has 1 aromatic rings. The largest absolute Gasteiger partial charge is 0.474 e. The number of carbonyl (C=O) groups is 2. The highest BCUT2D eigenvalue weighted by atomic mass is 35.5. The average Bonchev–Trinajstić information content (AvgIpc) is 2.74. The number of sulfonamides is 1. The van der Waals surface area contributed by atoms with Crippen LogP contribution in [0.2, 0.25) is 5.02 Å². The number of ether oxygens (including phenoxy) is 2. The van der Waals surface area contributed by atoms with E-state index in [-0.39, 0.29) is 30.3 Å². The summed E-state index contributed by atoms with van der Waals surface area (Å²) in [6, 6.07) is 3.37. The van der Waals surface area contributed by atoms with Gasteiger partial charge in [0.1, 0.15) is 23.2 Å². The molecule has 2 fully saturated rings. The summed E-state index contributed by atoms with van der Waals surface area (Å²) in [5.74, 6) is -0.228. The molecule has 0 aliphatic carbocycles. The Labute approximate surface area is 206 Å². The van der Waals surface area contributed by atoms with Crippen molar-refractivity contribution in [3.8, 4) is 5.88 Å². The van der Waals surface area contributed by atoms with Gasteiger partial charge in [-0.25, -0.2) is 22.5 Å². The Hall–Kier alpha value is -1.91. The second-order valence-corrected chi connectivity index (χ2v) is 12.3. The highest BCUT2D eigenvalue weighted by Gasteiger charge is 2.32. The smallest absolute Gasteiger partial charge is 0.410 e. The maximum atomic E-state index is 12.8. The van der Waals surface area contributed by atoms with Gasteiger partial charge in [0.2, 0.25) is 15.9 Å². The number of piperidine rings is 2. The summed E-state index contributed by atoms with van der Waals surface area (Å²) in [6.07, 6.45) is 3.61. The molecule has 34 heavy (non-hydrogen) atoms. The van der Waals surface area contributed by atoms with Crippen LogP contribution in [0, 0.1) is 5.92 Å². The molecule has 0 unspecified atom stereocenters. The van der Waals surface area contributed by atoms with Gasteiger partial charge in [-0.1, -0.05) is 11.6 Å². The van der Waals surface area contributed by atoms with Crippen LogP contribution in [0.15, 0.2) is 18.3 Å². The highest BCUT2D eigenvalue weighted by Crippen LogP contribution is 2.24. The van der Waals surface area contributed by atoms with Crippen molar-refractivity contribution >= 4 is 33.5 Å². The Morgan fingerprint density at radius 3 is 2.29 bits per heavy atom. The van der Waals surface area contributed by atoms with Crippen LogP contribution in [-0.2, 0) is 19.6 Å². The average molecular weight is 516 g/mol. The summed E-state index contributed by atoms with van der Waals surface area (Å²) in [5, 5.41) is 0.520. The first-order valence-corrected chi connectivity index (χ1v) is 13.7. The van der Waals surface area contributed by atoms with Crippen LogP contribution >= 0.6 is 11.6 Å². The van der Waals surface area contributed by atoms with E-state index >= 15 is 0 Å². The Morgan fingerprint density at radius 1 is 1.09 bits per heavy atom. The molecule has 2 aliphatic heterocycles. The molecular formula is C23H34ClN3O6S. The second kappa shape index (κ2) is 11.2. The van der Waals surface area contributed by atoms with E-state index in [0.717, 1.165) is 0 Å². The van der Waals surface area contributed by atoms with E-state index in [1.165, 1.54) is 10.5 Å². The fraction of sp³-hybridized carbons (Fsp3) is 0.696. The predicted molar refractivity (Wildman–Crippen MR) is 128 cm³/mol. The standard InChI is InChI=1S/C23H34ClN3O6S/c1-23(2,3)33-22(29)26-10-6-17(7-11-26)14-19(28)16-34(30,31)27-12-8-20(9-13-27)32-21-5-4-18(24)15-25-21/h4-5,15,17,20H,6-14,16H2,1-3H3. The van der Waals surface area contributed by atoms with Crippen molar-refractivity contribution < 1.29 is 27.5 Å². The maximum Gasteiger partial charge on any atom is 0.410 e. The fourth-order valence-electron chi connectivity index (χ4n) is 4.15. The summed E-state index contributed by atoms with van der Waals surface area (Å²) in [7, 11) is -3.67. The predicted octanol–water partition coefficient (Wildman–Crippen LogP) is 3.51. The molecule has 0 radical (unpaired) electrons. The van der Waals surface area contributed by atoms with Crippen LogP contribution in [0.1, 0.15) is 52.9 Å². The third-order valence-electron chi connectivity index (χ3n) is 5.91. The molecule has 1 aromatic heterocycles. The van der Waals surface area contributed by atoms with E-state index < -0.39 is 21.4 Å². The van der Waals surface area contributed by atoms with Gasteiger partial charge in [-0.05, 0) is 58.4 Å². The topological polar surface area (TPSA) is 106 Å². The van der Waals surface area contributed by atoms with Crippen molar-refractivity contribution in [2.24, 2.45) is 5.92 Å². The van der Waals surface area contributed by atoms with Crippen molar-refractivity contribution in [3.05, 3.63) is 23.4 Å². The van der Waals surface area contributed by atoms with Crippen molar-refractivity contribution in [1.29, 1.82) is 0 Å². The number of amides is 1. The first-order chi connectivity index (χ1) is 15.9. The van der Waals surface area contributed by atoms with Gasteiger partial charge in [0.25, 0.3) is 0 Å². The molecule has 2 saturated heterocycles. The molecule has 1 amide bonds. The van der Waals surface area contributed by atoms with Gasteiger partial charge in [-0.3, -0.25) is 4.79 Å². The number of aromatic nitrogens is 1. The Morgan fingerprint density at radius 2 is 1.74 bits per heavy atom. The number of hydrogen-bond donors (Lipinski definition) is 0. The summed E-state index contributed by atoms with van der Waals surface area (Å²) in [6.45, 7) is 7.10. The number of halogens is 1. The molecule has 0 aromatic carbocycles. The second-order valence-electron chi connectivity index (χ2n) is 9.94. The maximum absolute atomic E-state index is 12.8. The summed E-state index contributed by atoms with van der Waals surface area (Å²) in [4.78, 5) is 30.5. The van der Waals surface area contributed by atoms with E-state index in [4.69, 9.17) is 21.1 Å². The number of Topliss-reactive ketones (excluding diaryl/α,β-unsaturated/α-hetero) is 1. The van der Waals surface area contributed by atoms with E-state index in [1.807, 2.05) is 20.8 Å². The van der Waals surface area contributed by atoms with Crippen LogP contribution in [0.25, 0.3) is 0 Å². The van der Waals surface area contributed by atoms with Crippen LogP contribution in [0.5, 0.6) is 5.88 Å². The molecule has 0 saturated carbocycles. The number of ketones is 1. The summed E-state index contributed by atoms with van der Waals surface area (Å²) in [5.41, 5.74) is -0.550. The molecule has 190 valence electrons. The van der Waals surface area contributed by atoms with Crippen LogP contribution < -0.4 is 4.74 Å². The number of nitrogens with zero attached hydrogens (tertiary/aromatic N) is 3. The third kappa shape index (κ3) is 8.09. The van der Waals surface area contributed by atoms with Crippen molar-refractivity contribution in [2.45, 2.75) is 64.6 Å². The molecule has 11 heteroatoms. The summed E-state index contributed by atoms with van der Waals surface area (Å²) < 4.78 is 38.1. The summed E-state index contributed by atoms with van der Waals surface area (Å²) >= 11 is 5.83. The minimum atomic E-state index is -3.67. The molecule has 0 N–H and O–H groups in total. The zero-order valence-electron chi connectivity index (χ0n) is 20.0. The number of likely N-dealkylation sites (tertiary alicyclic amines) is 1. The normalized spacial score (nSPS) is 19.1.